The van der Waals surface area contributed by atoms with Crippen LogP contribution in [0.15, 0.2) is 12.7 Å². The van der Waals surface area contributed by atoms with Crippen LogP contribution in [-0.4, -0.2) is 26.3 Å². The fraction of sp³-hybridized carbons (Fsp3) is 0.667. The maximum atomic E-state index is 11.3. The maximum absolute atomic E-state index is 11.3. The van der Waals surface area contributed by atoms with Crippen LogP contribution in [0, 0.1) is 5.92 Å². The van der Waals surface area contributed by atoms with Crippen molar-refractivity contribution >= 4 is 16.1 Å². The van der Waals surface area contributed by atoms with Gasteiger partial charge in [-0.05, 0) is 6.42 Å². The van der Waals surface area contributed by atoms with Crippen LogP contribution in [0.25, 0.3) is 0 Å². The lowest BCUT2D eigenvalue weighted by molar-refractivity contribution is -0.124. The Morgan fingerprint density at radius 3 is 2.93 bits per heavy atom. The van der Waals surface area contributed by atoms with Gasteiger partial charge in [-0.2, -0.15) is 13.1 Å². The van der Waals surface area contributed by atoms with E-state index >= 15 is 0 Å². The first kappa shape index (κ1) is 10.8. The van der Waals surface area contributed by atoms with Gasteiger partial charge >= 0.3 is 10.3 Å². The summed E-state index contributed by atoms with van der Waals surface area (Å²) in [6, 6.07) is -0.391. The van der Waals surface area contributed by atoms with Crippen molar-refractivity contribution in [3.8, 4) is 0 Å². The van der Waals surface area contributed by atoms with Gasteiger partial charge in [0.1, 0.15) is 5.78 Å². The maximum Gasteiger partial charge on any atom is 0.336 e. The Balaban J connectivity index is 2.24. The zero-order chi connectivity index (χ0) is 11.1. The second-order valence-corrected chi connectivity index (χ2v) is 5.25. The Morgan fingerprint density at radius 2 is 2.27 bits per heavy atom. The van der Waals surface area contributed by atoms with Crippen LogP contribution in [0.5, 0.6) is 0 Å². The lowest BCUT2D eigenvalue weighted by Gasteiger charge is -2.38. The Bertz CT molecular complexity index is 389. The molecule has 0 bridgehead atoms. The van der Waals surface area contributed by atoms with E-state index in [1.54, 1.807) is 0 Å². The first-order valence-corrected chi connectivity index (χ1v) is 6.27. The van der Waals surface area contributed by atoms with Crippen molar-refractivity contribution in [2.24, 2.45) is 5.92 Å². The Hall–Kier alpha value is -0.720. The summed E-state index contributed by atoms with van der Waals surface area (Å²) in [6.45, 7) is 3.57. The minimum atomic E-state index is -3.66. The number of Topliss-reactive ketones (excluding diaryl/α,β-unsaturated/α-hetero) is 1. The zero-order valence-corrected chi connectivity index (χ0v) is 9.00. The summed E-state index contributed by atoms with van der Waals surface area (Å²) in [5, 5.41) is 0. The molecule has 2 aliphatic rings. The summed E-state index contributed by atoms with van der Waals surface area (Å²) < 4.78 is 29.8. The molecule has 2 fully saturated rings. The molecule has 1 N–H and O–H groups in total. The van der Waals surface area contributed by atoms with E-state index in [1.807, 2.05) is 0 Å². The van der Waals surface area contributed by atoms with Gasteiger partial charge in [0.15, 0.2) is 0 Å². The number of hydrogen-bond acceptors (Lipinski definition) is 4. The van der Waals surface area contributed by atoms with Gasteiger partial charge in [0.2, 0.25) is 0 Å². The molecule has 0 radical (unpaired) electrons. The van der Waals surface area contributed by atoms with E-state index < -0.39 is 16.3 Å². The molecule has 0 spiro atoms. The highest BCUT2D eigenvalue weighted by Gasteiger charge is 2.42. The average Bonchev–Trinajstić information content (AvgIpc) is 2.16. The summed E-state index contributed by atoms with van der Waals surface area (Å²) >= 11 is 0. The fourth-order valence-corrected chi connectivity index (χ4v) is 3.38. The predicted octanol–water partition coefficient (Wildman–Crippen LogP) is 0.143. The van der Waals surface area contributed by atoms with Crippen molar-refractivity contribution in [2.45, 2.75) is 31.4 Å². The molecule has 1 saturated heterocycles. The van der Waals surface area contributed by atoms with Crippen LogP contribution in [0.1, 0.15) is 19.3 Å². The van der Waals surface area contributed by atoms with E-state index in [-0.39, 0.29) is 17.8 Å². The molecule has 0 aromatic rings. The summed E-state index contributed by atoms with van der Waals surface area (Å²) in [4.78, 5) is 11.3. The van der Waals surface area contributed by atoms with E-state index in [0.29, 0.717) is 19.3 Å². The third kappa shape index (κ3) is 2.11. The third-order valence-corrected chi connectivity index (χ3v) is 3.96. The van der Waals surface area contributed by atoms with E-state index in [2.05, 4.69) is 11.3 Å². The van der Waals surface area contributed by atoms with Gasteiger partial charge in [0.05, 0.1) is 6.10 Å². The van der Waals surface area contributed by atoms with Crippen LogP contribution in [0.2, 0.25) is 0 Å². The average molecular weight is 231 g/mol. The molecule has 3 atom stereocenters. The first-order chi connectivity index (χ1) is 7.02. The number of hydrogen-bond donors (Lipinski definition) is 1. The van der Waals surface area contributed by atoms with Crippen molar-refractivity contribution in [3.05, 3.63) is 12.7 Å². The van der Waals surface area contributed by atoms with E-state index in [9.17, 15) is 13.2 Å². The number of fused-ring (bicyclic) bond motifs is 1. The second kappa shape index (κ2) is 3.70. The monoisotopic (exact) mass is 231 g/mol. The molecule has 2 rings (SSSR count). The summed E-state index contributed by atoms with van der Waals surface area (Å²) in [5.41, 5.74) is 0. The lowest BCUT2D eigenvalue weighted by atomic mass is 9.81. The Labute approximate surface area is 88.8 Å². The number of rotatable bonds is 1. The molecule has 0 aromatic carbocycles. The number of nitrogens with one attached hydrogen (secondary N) is 1. The Morgan fingerprint density at radius 1 is 1.53 bits per heavy atom. The molecule has 0 unspecified atom stereocenters. The van der Waals surface area contributed by atoms with Crippen molar-refractivity contribution in [3.63, 3.8) is 0 Å². The van der Waals surface area contributed by atoms with Crippen molar-refractivity contribution in [1.82, 2.24) is 4.72 Å². The Kier molecular flexibility index (Phi) is 2.66. The van der Waals surface area contributed by atoms with Gasteiger partial charge in [0, 0.05) is 24.8 Å². The predicted molar refractivity (Wildman–Crippen MR) is 53.3 cm³/mol. The molecule has 1 aliphatic heterocycles. The fourth-order valence-electron chi connectivity index (χ4n) is 2.16. The van der Waals surface area contributed by atoms with Gasteiger partial charge in [-0.1, -0.05) is 6.08 Å². The van der Waals surface area contributed by atoms with Crippen molar-refractivity contribution in [2.75, 3.05) is 0 Å². The normalized spacial score (nSPS) is 39.5. The SMILES string of the molecule is C=C[C@@H]1NS(=O)(=O)O[C@@H]2CCC(=O)C[C@H]12. The molecule has 1 heterocycles. The molecule has 0 amide bonds. The molecule has 15 heavy (non-hydrogen) atoms. The molecule has 5 nitrogen and oxygen atoms in total. The molecule has 1 saturated carbocycles. The van der Waals surface area contributed by atoms with Crippen LogP contribution in [-0.2, 0) is 19.3 Å². The highest BCUT2D eigenvalue weighted by molar-refractivity contribution is 7.84. The van der Waals surface area contributed by atoms with Crippen LogP contribution < -0.4 is 4.72 Å². The highest BCUT2D eigenvalue weighted by atomic mass is 32.2. The van der Waals surface area contributed by atoms with Crippen molar-refractivity contribution in [1.29, 1.82) is 0 Å². The molecule has 0 aromatic heterocycles. The van der Waals surface area contributed by atoms with Gasteiger partial charge < -0.3 is 0 Å². The minimum absolute atomic E-state index is 0.104. The molecular weight excluding hydrogens is 218 g/mol. The summed E-state index contributed by atoms with van der Waals surface area (Å²) in [7, 11) is -3.66. The smallest absolute Gasteiger partial charge is 0.300 e. The molecule has 6 heteroatoms. The van der Waals surface area contributed by atoms with Gasteiger partial charge in [-0.25, -0.2) is 0 Å². The highest BCUT2D eigenvalue weighted by Crippen LogP contribution is 2.32. The van der Waals surface area contributed by atoms with Crippen LogP contribution >= 0.6 is 0 Å². The first-order valence-electron chi connectivity index (χ1n) is 4.86. The third-order valence-electron chi connectivity index (χ3n) is 2.89. The van der Waals surface area contributed by atoms with Gasteiger partial charge in [-0.15, -0.1) is 6.58 Å². The quantitative estimate of drug-likeness (QED) is 0.652. The molecule has 1 aliphatic carbocycles. The van der Waals surface area contributed by atoms with Crippen LogP contribution in [0.4, 0.5) is 0 Å². The molecule has 84 valence electrons. The number of carbonyl (C=O) groups excluding carboxylic acids is 1. The van der Waals surface area contributed by atoms with E-state index in [0.717, 1.165) is 0 Å². The van der Waals surface area contributed by atoms with Crippen LogP contribution in [0.3, 0.4) is 0 Å². The minimum Gasteiger partial charge on any atom is -0.300 e. The van der Waals surface area contributed by atoms with Gasteiger partial charge in [0.25, 0.3) is 0 Å². The lowest BCUT2D eigenvalue weighted by Crippen LogP contribution is -2.54. The number of carbonyl (C=O) groups is 1. The number of ketones is 1. The summed E-state index contributed by atoms with van der Waals surface area (Å²) in [6.07, 6.45) is 2.40. The standard InChI is InChI=1S/C9H13NO4S/c1-2-8-7-5-6(11)3-4-9(7)14-15(12,13)10-8/h2,7-10H,1,3-5H2/t7-,8+,9-/m1/s1. The zero-order valence-electron chi connectivity index (χ0n) is 8.18. The molecular formula is C9H13NO4S. The van der Waals surface area contributed by atoms with Gasteiger partial charge in [-0.3, -0.25) is 8.98 Å². The summed E-state index contributed by atoms with van der Waals surface area (Å²) in [5.74, 6) is 0.0556. The van der Waals surface area contributed by atoms with E-state index in [4.69, 9.17) is 4.18 Å². The van der Waals surface area contributed by atoms with E-state index in [1.165, 1.54) is 6.08 Å². The van der Waals surface area contributed by atoms with Crippen molar-refractivity contribution < 1.29 is 17.4 Å². The topological polar surface area (TPSA) is 72.5 Å². The second-order valence-electron chi connectivity index (χ2n) is 3.91. The largest absolute Gasteiger partial charge is 0.336 e.